The number of hydrogen-bond acceptors (Lipinski definition) is 4. The lowest BCUT2D eigenvalue weighted by atomic mass is 10.1. The number of carboxylic acids is 1. The molecule has 0 bridgehead atoms. The number of nitrogens with zero attached hydrogens (tertiary/aromatic N) is 1. The summed E-state index contributed by atoms with van der Waals surface area (Å²) in [4.78, 5) is 24.1. The monoisotopic (exact) mass is 243 g/mol. The summed E-state index contributed by atoms with van der Waals surface area (Å²) in [5.74, 6) is -1.73. The van der Waals surface area contributed by atoms with Gasteiger partial charge in [-0.1, -0.05) is 6.92 Å². The Balaban J connectivity index is 2.63. The van der Waals surface area contributed by atoms with Gasteiger partial charge < -0.3 is 19.5 Å². The highest BCUT2D eigenvalue weighted by molar-refractivity contribution is 5.91. The van der Waals surface area contributed by atoms with E-state index in [4.69, 9.17) is 14.6 Å². The van der Waals surface area contributed by atoms with Gasteiger partial charge in [0.2, 0.25) is 5.76 Å². The van der Waals surface area contributed by atoms with E-state index < -0.39 is 11.9 Å². The van der Waals surface area contributed by atoms with Crippen LogP contribution in [0.2, 0.25) is 0 Å². The lowest BCUT2D eigenvalue weighted by Crippen LogP contribution is -2.38. The van der Waals surface area contributed by atoms with Gasteiger partial charge >= 0.3 is 5.97 Å². The number of aliphatic carboxylic acids is 1. The van der Waals surface area contributed by atoms with Crippen molar-refractivity contribution in [1.29, 1.82) is 0 Å². The molecule has 1 amide bonds. The van der Waals surface area contributed by atoms with Gasteiger partial charge in [0.25, 0.3) is 5.91 Å². The predicted octanol–water partition coefficient (Wildman–Crippen LogP) is 0.444. The number of carbonyl (C=O) groups is 2. The van der Waals surface area contributed by atoms with Gasteiger partial charge in [-0.2, -0.15) is 0 Å². The molecule has 1 atom stereocenters. The van der Waals surface area contributed by atoms with Crippen molar-refractivity contribution in [2.45, 2.75) is 13.8 Å². The van der Waals surface area contributed by atoms with E-state index in [0.717, 1.165) is 0 Å². The number of amides is 1. The van der Waals surface area contributed by atoms with Crippen molar-refractivity contribution < 1.29 is 24.2 Å². The summed E-state index contributed by atoms with van der Waals surface area (Å²) in [5, 5.41) is 8.81. The zero-order valence-electron chi connectivity index (χ0n) is 10.0. The van der Waals surface area contributed by atoms with Gasteiger partial charge in [-0.05, 0) is 6.92 Å². The van der Waals surface area contributed by atoms with E-state index >= 15 is 0 Å². The molecule has 0 aromatic carbocycles. The van der Waals surface area contributed by atoms with Gasteiger partial charge in [0.1, 0.15) is 19.5 Å². The molecule has 6 heteroatoms. The van der Waals surface area contributed by atoms with Crippen LogP contribution in [0.15, 0.2) is 12.0 Å². The maximum absolute atomic E-state index is 11.9. The van der Waals surface area contributed by atoms with Crippen molar-refractivity contribution in [3.63, 3.8) is 0 Å². The molecule has 1 rings (SSSR count). The maximum atomic E-state index is 11.9. The molecule has 0 aromatic rings. The highest BCUT2D eigenvalue weighted by Crippen LogP contribution is 2.10. The lowest BCUT2D eigenvalue weighted by Gasteiger charge is -2.25. The molecular formula is C11H17NO5. The molecule has 6 nitrogen and oxygen atoms in total. The van der Waals surface area contributed by atoms with E-state index in [2.05, 4.69) is 0 Å². The molecule has 0 spiro atoms. The van der Waals surface area contributed by atoms with Gasteiger partial charge in [0, 0.05) is 13.1 Å². The van der Waals surface area contributed by atoms with Crippen LogP contribution in [0.4, 0.5) is 0 Å². The summed E-state index contributed by atoms with van der Waals surface area (Å²) in [6, 6.07) is 0. The van der Waals surface area contributed by atoms with Crippen molar-refractivity contribution in [3.8, 4) is 0 Å². The first kappa shape index (κ1) is 13.3. The van der Waals surface area contributed by atoms with Crippen LogP contribution in [0.5, 0.6) is 0 Å². The molecule has 1 aliphatic heterocycles. The number of hydrogen-bond donors (Lipinski definition) is 1. The van der Waals surface area contributed by atoms with Crippen LogP contribution in [0, 0.1) is 5.92 Å². The molecule has 0 aromatic heterocycles. The van der Waals surface area contributed by atoms with E-state index in [-0.39, 0.29) is 18.2 Å². The van der Waals surface area contributed by atoms with Crippen molar-refractivity contribution in [3.05, 3.63) is 12.0 Å². The minimum Gasteiger partial charge on any atom is -0.494 e. The van der Waals surface area contributed by atoms with Gasteiger partial charge in [0.05, 0.1) is 5.92 Å². The third kappa shape index (κ3) is 3.65. The van der Waals surface area contributed by atoms with E-state index in [1.165, 1.54) is 11.2 Å². The number of carboxylic acid groups (broad SMARTS) is 1. The van der Waals surface area contributed by atoms with Crippen LogP contribution < -0.4 is 0 Å². The first-order chi connectivity index (χ1) is 8.06. The SMILES string of the molecule is CCN(CC(C)C(=O)O)C(=O)C1=COCCO1. The van der Waals surface area contributed by atoms with Crippen LogP contribution >= 0.6 is 0 Å². The van der Waals surface area contributed by atoms with Gasteiger partial charge in [-0.15, -0.1) is 0 Å². The summed E-state index contributed by atoms with van der Waals surface area (Å²) in [5.41, 5.74) is 0. The number of ether oxygens (including phenoxy) is 2. The molecule has 17 heavy (non-hydrogen) atoms. The minimum atomic E-state index is -0.925. The second-order valence-electron chi connectivity index (χ2n) is 3.78. The average Bonchev–Trinajstić information content (AvgIpc) is 2.35. The minimum absolute atomic E-state index is 0.135. The quantitative estimate of drug-likeness (QED) is 0.758. The molecule has 0 saturated carbocycles. The first-order valence-electron chi connectivity index (χ1n) is 5.53. The topological polar surface area (TPSA) is 76.1 Å². The number of carbonyl (C=O) groups excluding carboxylic acids is 1. The van der Waals surface area contributed by atoms with Crippen molar-refractivity contribution in [2.75, 3.05) is 26.3 Å². The van der Waals surface area contributed by atoms with Crippen LogP contribution in [-0.2, 0) is 19.1 Å². The largest absolute Gasteiger partial charge is 0.494 e. The van der Waals surface area contributed by atoms with Crippen LogP contribution in [-0.4, -0.2) is 48.2 Å². The summed E-state index contributed by atoms with van der Waals surface area (Å²) in [6.07, 6.45) is 1.28. The van der Waals surface area contributed by atoms with E-state index in [0.29, 0.717) is 19.8 Å². The van der Waals surface area contributed by atoms with Crippen LogP contribution in [0.3, 0.4) is 0 Å². The summed E-state index contributed by atoms with van der Waals surface area (Å²) >= 11 is 0. The fraction of sp³-hybridized carbons (Fsp3) is 0.636. The first-order valence-corrected chi connectivity index (χ1v) is 5.53. The fourth-order valence-electron chi connectivity index (χ4n) is 1.40. The normalized spacial score (nSPS) is 16.2. The molecule has 0 radical (unpaired) electrons. The summed E-state index contributed by atoms with van der Waals surface area (Å²) in [7, 11) is 0. The molecule has 0 saturated heterocycles. The maximum Gasteiger partial charge on any atom is 0.308 e. The second-order valence-corrected chi connectivity index (χ2v) is 3.78. The van der Waals surface area contributed by atoms with E-state index in [1.807, 2.05) is 0 Å². The molecule has 0 fully saturated rings. The molecule has 1 aliphatic rings. The Morgan fingerprint density at radius 3 is 2.71 bits per heavy atom. The van der Waals surface area contributed by atoms with E-state index in [1.54, 1.807) is 13.8 Å². The molecule has 96 valence electrons. The van der Waals surface area contributed by atoms with Gasteiger partial charge in [-0.25, -0.2) is 0 Å². The molecule has 1 unspecified atom stereocenters. The summed E-state index contributed by atoms with van der Waals surface area (Å²) < 4.78 is 10.2. The Bertz CT molecular complexity index is 326. The van der Waals surface area contributed by atoms with Crippen molar-refractivity contribution in [1.82, 2.24) is 4.90 Å². The van der Waals surface area contributed by atoms with Gasteiger partial charge in [-0.3, -0.25) is 9.59 Å². The molecule has 1 heterocycles. The van der Waals surface area contributed by atoms with Crippen LogP contribution in [0.1, 0.15) is 13.8 Å². The number of rotatable bonds is 5. The Hall–Kier alpha value is -1.72. The Morgan fingerprint density at radius 2 is 2.24 bits per heavy atom. The zero-order chi connectivity index (χ0) is 12.8. The van der Waals surface area contributed by atoms with Crippen molar-refractivity contribution >= 4 is 11.9 Å². The Morgan fingerprint density at radius 1 is 1.53 bits per heavy atom. The third-order valence-corrected chi connectivity index (χ3v) is 2.44. The van der Waals surface area contributed by atoms with Crippen LogP contribution in [0.25, 0.3) is 0 Å². The summed E-state index contributed by atoms with van der Waals surface area (Å²) in [6.45, 7) is 4.70. The van der Waals surface area contributed by atoms with E-state index in [9.17, 15) is 9.59 Å². The molecule has 1 N–H and O–H groups in total. The highest BCUT2D eigenvalue weighted by Gasteiger charge is 2.24. The Labute approximate surface area is 99.8 Å². The second kappa shape index (κ2) is 6.12. The van der Waals surface area contributed by atoms with Crippen molar-refractivity contribution in [2.24, 2.45) is 5.92 Å². The highest BCUT2D eigenvalue weighted by atomic mass is 16.6. The standard InChI is InChI=1S/C11H17NO5/c1-3-12(6-8(2)11(14)15)10(13)9-7-16-4-5-17-9/h7-8H,3-6H2,1-2H3,(H,14,15). The number of likely N-dealkylation sites (N-methyl/N-ethyl adjacent to an activating group) is 1. The lowest BCUT2D eigenvalue weighted by molar-refractivity contribution is -0.143. The average molecular weight is 243 g/mol. The predicted molar refractivity (Wildman–Crippen MR) is 59.0 cm³/mol. The fourth-order valence-corrected chi connectivity index (χ4v) is 1.40. The zero-order valence-corrected chi connectivity index (χ0v) is 10.0. The van der Waals surface area contributed by atoms with Gasteiger partial charge in [0.15, 0.2) is 0 Å². The molecular weight excluding hydrogens is 226 g/mol. The Kier molecular flexibility index (Phi) is 4.81. The smallest absolute Gasteiger partial charge is 0.308 e. The molecule has 0 aliphatic carbocycles. The third-order valence-electron chi connectivity index (χ3n) is 2.44.